The van der Waals surface area contributed by atoms with Crippen molar-refractivity contribution in [3.8, 4) is 0 Å². The molecular formula is C66H110BrN4O8Zn-. The van der Waals surface area contributed by atoms with E-state index in [9.17, 15) is 9.59 Å². The second kappa shape index (κ2) is 29.1. The second-order valence-corrected chi connectivity index (χ2v) is 29.9. The number of carboxylic acid groups (broad SMARTS) is 1. The van der Waals surface area contributed by atoms with Gasteiger partial charge in [0.2, 0.25) is 5.91 Å². The molecule has 4 unspecified atom stereocenters. The van der Waals surface area contributed by atoms with Gasteiger partial charge >= 0.3 is 11.9 Å². The Labute approximate surface area is 506 Å². The van der Waals surface area contributed by atoms with Crippen LogP contribution in [0.1, 0.15) is 264 Å². The normalized spacial score (nSPS) is 24.3. The number of H-pyrrole nitrogens is 1. The number of amidine groups is 1. The number of alkyl halides is 1. The van der Waals surface area contributed by atoms with Gasteiger partial charge in [0.15, 0.2) is 5.91 Å². The maximum absolute atomic E-state index is 15.6. The van der Waals surface area contributed by atoms with Crippen LogP contribution in [0.5, 0.6) is 0 Å². The van der Waals surface area contributed by atoms with Gasteiger partial charge in [0.25, 0.3) is 5.97 Å². The Morgan fingerprint density at radius 2 is 1.07 bits per heavy atom. The van der Waals surface area contributed by atoms with Gasteiger partial charge < -0.3 is 35.2 Å². The van der Waals surface area contributed by atoms with Crippen molar-refractivity contribution in [3.05, 3.63) is 39.0 Å². The van der Waals surface area contributed by atoms with Crippen LogP contribution < -0.4 is 5.32 Å². The topological polar surface area (TPSA) is 178 Å². The molecule has 4 atom stereocenters. The average Bonchev–Trinajstić information content (AvgIpc) is 3.87. The van der Waals surface area contributed by atoms with Crippen molar-refractivity contribution in [2.24, 2.45) is 78.9 Å². The maximum atomic E-state index is 15.6. The molecule has 0 aromatic carbocycles. The van der Waals surface area contributed by atoms with E-state index in [4.69, 9.17) is 29.7 Å². The van der Waals surface area contributed by atoms with Gasteiger partial charge in [-0.3, -0.25) is 14.4 Å². The van der Waals surface area contributed by atoms with Gasteiger partial charge in [-0.2, -0.15) is 0 Å². The van der Waals surface area contributed by atoms with Crippen LogP contribution >= 0.6 is 15.9 Å². The monoisotopic (exact) mass is 1230 g/mol. The van der Waals surface area contributed by atoms with Crippen molar-refractivity contribution in [3.63, 3.8) is 0 Å². The molecule has 0 saturated heterocycles. The minimum absolute atomic E-state index is 0. The Bertz CT molecular complexity index is 2320. The molecule has 2 saturated carbocycles. The molecule has 0 bridgehead atoms. The number of halogens is 1. The third-order valence-electron chi connectivity index (χ3n) is 18.6. The van der Waals surface area contributed by atoms with E-state index in [0.717, 1.165) is 44.4 Å². The molecule has 2 heterocycles. The predicted molar refractivity (Wildman–Crippen MR) is 329 cm³/mol. The van der Waals surface area contributed by atoms with Gasteiger partial charge in [0, 0.05) is 71.9 Å². The summed E-state index contributed by atoms with van der Waals surface area (Å²) in [5, 5.41) is 16.7. The predicted octanol–water partition coefficient (Wildman–Crippen LogP) is 17.9. The van der Waals surface area contributed by atoms with Crippen molar-refractivity contribution in [2.75, 3.05) is 10.6 Å². The number of amides is 2. The van der Waals surface area contributed by atoms with Gasteiger partial charge in [-0.1, -0.05) is 175 Å². The number of nitrogens with one attached hydrogen (secondary N) is 2. The molecule has 1 aromatic heterocycles. The molecular weight excluding hydrogens is 1120 g/mol. The summed E-state index contributed by atoms with van der Waals surface area (Å²) in [6.07, 6.45) is 9.40. The van der Waals surface area contributed by atoms with Crippen LogP contribution in [0.4, 0.5) is 5.82 Å². The van der Waals surface area contributed by atoms with E-state index in [2.05, 4.69) is 137 Å². The van der Waals surface area contributed by atoms with Crippen LogP contribution in [-0.2, 0) is 48.1 Å². The Morgan fingerprint density at radius 3 is 1.41 bits per heavy atom. The number of nitrogens with zero attached hydrogens (tertiary/aromatic N) is 2. The molecule has 2 aliphatic carbocycles. The zero-order valence-corrected chi connectivity index (χ0v) is 59.2. The number of rotatable bonds is 18. The number of hydrogen-bond donors (Lipinski definition) is 3. The zero-order valence-electron chi connectivity index (χ0n) is 54.6. The first-order chi connectivity index (χ1) is 36.2. The molecule has 0 spiro atoms. The number of allylic oxidation sites excluding steroid dienone is 1. The molecule has 1 aliphatic heterocycles. The van der Waals surface area contributed by atoms with Crippen LogP contribution in [-0.4, -0.2) is 63.2 Å². The fourth-order valence-corrected chi connectivity index (χ4v) is 13.6. The Morgan fingerprint density at radius 1 is 0.688 bits per heavy atom. The molecule has 3 aliphatic rings. The molecule has 1 aromatic rings. The van der Waals surface area contributed by atoms with Gasteiger partial charge in [-0.25, -0.2) is 9.59 Å². The summed E-state index contributed by atoms with van der Waals surface area (Å²) in [5.41, 5.74) is 0.837. The number of aromatic nitrogens is 1. The summed E-state index contributed by atoms with van der Waals surface area (Å²) in [5.74, 6) is -1.12. The molecule has 2 fully saturated rings. The number of carbonyl (C=O) groups excluding carboxylic acids is 4. The van der Waals surface area contributed by atoms with Crippen molar-refractivity contribution < 1.29 is 58.0 Å². The number of carbonyl (C=O) groups is 5. The third-order valence-corrected chi connectivity index (χ3v) is 19.2. The summed E-state index contributed by atoms with van der Waals surface area (Å²) in [7, 11) is 0. The number of aromatic amines is 1. The SMILES string of the molecule is CC(=O)O.CCC(CC)(CC)C(=O)N=C1[N-]C(=Cc2[nH]c(NC(=O)C(CC)(CC)CCCBr)c(C(=O)OC3C(C(C)(C)C)CC(C)CC3C(C)(C)C)c2C(C)C)C(C(C)C)=C1C(=O)OC1C(C(C)(C)C)CC(C)CC1C(C)(C)C.[Zn]. The van der Waals surface area contributed by atoms with Crippen molar-refractivity contribution >= 4 is 63.4 Å². The number of ether oxygens (including phenoxy) is 2. The molecule has 2 amide bonds. The summed E-state index contributed by atoms with van der Waals surface area (Å²) in [4.78, 5) is 78.0. The van der Waals surface area contributed by atoms with E-state index < -0.39 is 28.7 Å². The van der Waals surface area contributed by atoms with E-state index in [1.807, 2.05) is 54.5 Å². The van der Waals surface area contributed by atoms with Gasteiger partial charge in [-0.05, 0) is 145 Å². The number of carboxylic acids is 1. The molecule has 4 rings (SSSR count). The van der Waals surface area contributed by atoms with Crippen LogP contribution in [0.15, 0.2) is 21.8 Å². The Balaban J connectivity index is 0.00000422. The Hall–Kier alpha value is -3.12. The summed E-state index contributed by atoms with van der Waals surface area (Å²) < 4.78 is 13.9. The first-order valence-electron chi connectivity index (χ1n) is 30.3. The summed E-state index contributed by atoms with van der Waals surface area (Å²) >= 11 is 3.60. The van der Waals surface area contributed by atoms with Gasteiger partial charge in [0.1, 0.15) is 23.6 Å². The average molecular weight is 1230 g/mol. The van der Waals surface area contributed by atoms with Gasteiger partial charge in [-0.15, -0.1) is 0 Å². The molecule has 0 radical (unpaired) electrons. The number of anilines is 1. The smallest absolute Gasteiger partial charge is 0.342 e. The van der Waals surface area contributed by atoms with E-state index in [-0.39, 0.29) is 118 Å². The fourth-order valence-electron chi connectivity index (χ4n) is 13.4. The van der Waals surface area contributed by atoms with E-state index in [1.54, 1.807) is 0 Å². The number of aliphatic carboxylic acids is 1. The first-order valence-corrected chi connectivity index (χ1v) is 31.4. The summed E-state index contributed by atoms with van der Waals surface area (Å²) in [6.45, 7) is 51.0. The van der Waals surface area contributed by atoms with Crippen molar-refractivity contribution in [1.29, 1.82) is 0 Å². The quantitative estimate of drug-likeness (QED) is 0.0738. The number of esters is 2. The van der Waals surface area contributed by atoms with Crippen LogP contribution in [0, 0.1) is 73.9 Å². The molecule has 452 valence electrons. The van der Waals surface area contributed by atoms with Crippen LogP contribution in [0.3, 0.4) is 0 Å². The van der Waals surface area contributed by atoms with Crippen molar-refractivity contribution in [2.45, 2.75) is 255 Å². The number of aliphatic imine (C=N–C) groups is 1. The molecule has 14 heteroatoms. The standard InChI is InChI=1S/C64H107BrN4O6.C2H4O2.Zn/c1-24-63(25-2,26-3)57(72)68-53-49(55(70)74-51-41(59(12,13)14)32-39(10)33-42(51)60(15,16)17)47(37(6)7)45(66-53)36-46-48(38(8)9)50(54(67-46)69-58(73)64(27-4,28-5)30-29-31-65)56(71)75-52-43(61(18,19)20)34-40(11)35-44(52)62(21,22)23;1-2(3)4;/h36-44,51-52H,24-35H2,1-23H3,(H3,66,67,68,69,70,71,72,73);1H3,(H,3,4);/p-1. The minimum atomic E-state index is -0.833. The first kappa shape index (κ1) is 73.0. The molecule has 80 heavy (non-hydrogen) atoms. The zero-order chi connectivity index (χ0) is 60.7. The van der Waals surface area contributed by atoms with Crippen LogP contribution in [0.25, 0.3) is 11.4 Å². The Kier molecular flexibility index (Phi) is 26.6. The van der Waals surface area contributed by atoms with E-state index in [1.165, 1.54) is 0 Å². The van der Waals surface area contributed by atoms with Crippen molar-refractivity contribution in [1.82, 2.24) is 4.98 Å². The molecule has 3 N–H and O–H groups in total. The second-order valence-electron chi connectivity index (χ2n) is 29.1. The van der Waals surface area contributed by atoms with E-state index in [0.29, 0.717) is 78.5 Å². The maximum Gasteiger partial charge on any atom is 0.342 e. The fraction of sp³-hybridized carbons (Fsp3) is 0.788. The third kappa shape index (κ3) is 17.5. The molecule has 12 nitrogen and oxygen atoms in total. The largest absolute Gasteiger partial charge is 0.481 e. The van der Waals surface area contributed by atoms with Crippen LogP contribution in [0.2, 0.25) is 0 Å². The number of hydrogen-bond acceptors (Lipinski definition) is 7. The minimum Gasteiger partial charge on any atom is -0.481 e. The summed E-state index contributed by atoms with van der Waals surface area (Å²) in [6, 6.07) is 0. The van der Waals surface area contributed by atoms with E-state index >= 15 is 9.59 Å². The van der Waals surface area contributed by atoms with Gasteiger partial charge in [0.05, 0.1) is 5.57 Å².